The van der Waals surface area contributed by atoms with Crippen molar-refractivity contribution in [2.24, 2.45) is 0 Å². The molecule has 0 radical (unpaired) electrons. The van der Waals surface area contributed by atoms with Crippen molar-refractivity contribution in [1.82, 2.24) is 35.2 Å². The summed E-state index contributed by atoms with van der Waals surface area (Å²) in [5.41, 5.74) is 6.24. The third-order valence-corrected chi connectivity index (χ3v) is 5.44. The zero-order valence-electron chi connectivity index (χ0n) is 18.1. The molecule has 0 saturated carbocycles. The van der Waals surface area contributed by atoms with E-state index in [1.165, 1.54) is 5.56 Å². The highest BCUT2D eigenvalue weighted by molar-refractivity contribution is 5.80. The smallest absolute Gasteiger partial charge is 0.205 e. The van der Waals surface area contributed by atoms with Crippen LogP contribution in [0.25, 0.3) is 28.2 Å². The van der Waals surface area contributed by atoms with Crippen LogP contribution in [0.2, 0.25) is 0 Å². The number of aromatic nitrogens is 7. The fourth-order valence-electron chi connectivity index (χ4n) is 4.00. The number of tetrazole rings is 1. The Morgan fingerprint density at radius 1 is 1.00 bits per heavy atom. The molecule has 0 aliphatic heterocycles. The maximum Gasteiger partial charge on any atom is 0.205 e. The highest BCUT2D eigenvalue weighted by Gasteiger charge is 2.14. The topological polar surface area (TPSA) is 87.9 Å². The van der Waals surface area contributed by atoms with Crippen molar-refractivity contribution < 1.29 is 0 Å². The molecule has 0 saturated heterocycles. The second-order valence-corrected chi connectivity index (χ2v) is 7.76. The lowest BCUT2D eigenvalue weighted by molar-refractivity contribution is 0.730. The molecule has 0 amide bonds. The Labute approximate surface area is 185 Å². The molecule has 2 aromatic carbocycles. The summed E-state index contributed by atoms with van der Waals surface area (Å²) in [5.74, 6) is 1.65. The van der Waals surface area contributed by atoms with E-state index in [1.54, 1.807) is 6.20 Å². The number of aryl methyl sites for hydroxylation is 1. The standard InChI is InChI=1S/C24H24N8/c1-3-14-31(23-15-17(2)26-22-12-13-25-32(22)23)16-18-8-10-19(11-9-18)20-6-4-5-7-21(20)24-27-29-30-28-24/h4-13,15H,3,14,16H2,1-2H3,(H,27,28,29,30). The Kier molecular flexibility index (Phi) is 5.33. The molecule has 3 heterocycles. The predicted octanol–water partition coefficient (Wildman–Crippen LogP) is 4.30. The molecule has 32 heavy (non-hydrogen) atoms. The zero-order valence-corrected chi connectivity index (χ0v) is 18.1. The van der Waals surface area contributed by atoms with Crippen LogP contribution in [0.5, 0.6) is 0 Å². The number of anilines is 1. The van der Waals surface area contributed by atoms with Crippen molar-refractivity contribution in [2.45, 2.75) is 26.8 Å². The monoisotopic (exact) mass is 424 g/mol. The number of nitrogens with one attached hydrogen (secondary N) is 1. The van der Waals surface area contributed by atoms with E-state index in [0.29, 0.717) is 5.82 Å². The van der Waals surface area contributed by atoms with Crippen molar-refractivity contribution in [2.75, 3.05) is 11.4 Å². The Morgan fingerprint density at radius 2 is 1.81 bits per heavy atom. The molecule has 0 unspecified atom stereocenters. The van der Waals surface area contributed by atoms with Gasteiger partial charge in [0.05, 0.1) is 6.20 Å². The van der Waals surface area contributed by atoms with Gasteiger partial charge in [-0.3, -0.25) is 0 Å². The molecule has 1 N–H and O–H groups in total. The van der Waals surface area contributed by atoms with Gasteiger partial charge >= 0.3 is 0 Å². The first kappa shape index (κ1) is 19.9. The molecule has 0 fully saturated rings. The van der Waals surface area contributed by atoms with E-state index in [-0.39, 0.29) is 0 Å². The second-order valence-electron chi connectivity index (χ2n) is 7.76. The average Bonchev–Trinajstić information content (AvgIpc) is 3.51. The molecule has 0 aliphatic carbocycles. The minimum absolute atomic E-state index is 0.593. The van der Waals surface area contributed by atoms with Crippen molar-refractivity contribution in [3.8, 4) is 22.5 Å². The summed E-state index contributed by atoms with van der Waals surface area (Å²) >= 11 is 0. The molecule has 3 aromatic heterocycles. The minimum Gasteiger partial charge on any atom is -0.352 e. The number of rotatable bonds is 7. The average molecular weight is 425 g/mol. The van der Waals surface area contributed by atoms with Crippen LogP contribution < -0.4 is 4.90 Å². The first-order chi connectivity index (χ1) is 15.7. The largest absolute Gasteiger partial charge is 0.352 e. The normalized spacial score (nSPS) is 11.2. The number of benzene rings is 2. The van der Waals surface area contributed by atoms with Gasteiger partial charge in [0.1, 0.15) is 5.82 Å². The molecule has 160 valence electrons. The van der Waals surface area contributed by atoms with Gasteiger partial charge in [0.2, 0.25) is 5.82 Å². The molecule has 0 spiro atoms. The van der Waals surface area contributed by atoms with Crippen LogP contribution in [-0.2, 0) is 6.54 Å². The third-order valence-electron chi connectivity index (χ3n) is 5.44. The molecule has 5 rings (SSSR count). The summed E-state index contributed by atoms with van der Waals surface area (Å²) < 4.78 is 1.91. The van der Waals surface area contributed by atoms with Crippen LogP contribution in [0.3, 0.4) is 0 Å². The highest BCUT2D eigenvalue weighted by Crippen LogP contribution is 2.30. The van der Waals surface area contributed by atoms with E-state index >= 15 is 0 Å². The van der Waals surface area contributed by atoms with E-state index < -0.39 is 0 Å². The molecule has 0 aliphatic rings. The molecule has 8 heteroatoms. The number of hydrogen-bond donors (Lipinski definition) is 1. The van der Waals surface area contributed by atoms with Crippen LogP contribution >= 0.6 is 0 Å². The van der Waals surface area contributed by atoms with Crippen molar-refractivity contribution >= 4 is 11.5 Å². The molecule has 5 aromatic rings. The summed E-state index contributed by atoms with van der Waals surface area (Å²) in [5, 5.41) is 19.0. The summed E-state index contributed by atoms with van der Waals surface area (Å²) in [7, 11) is 0. The van der Waals surface area contributed by atoms with Gasteiger partial charge in [-0.2, -0.15) is 14.8 Å². The van der Waals surface area contributed by atoms with Crippen LogP contribution in [0, 0.1) is 6.92 Å². The van der Waals surface area contributed by atoms with E-state index in [1.807, 2.05) is 35.7 Å². The van der Waals surface area contributed by atoms with Gasteiger partial charge in [-0.15, -0.1) is 10.2 Å². The number of nitrogens with zero attached hydrogens (tertiary/aromatic N) is 7. The summed E-state index contributed by atoms with van der Waals surface area (Å²) in [6.07, 6.45) is 2.84. The van der Waals surface area contributed by atoms with Gasteiger partial charge in [0.15, 0.2) is 5.65 Å². The third kappa shape index (κ3) is 3.82. The lowest BCUT2D eigenvalue weighted by Crippen LogP contribution is -2.26. The molecular formula is C24H24N8. The summed E-state index contributed by atoms with van der Waals surface area (Å²) in [6, 6.07) is 20.8. The van der Waals surface area contributed by atoms with E-state index in [2.05, 4.69) is 78.9 Å². The van der Waals surface area contributed by atoms with Gasteiger partial charge in [-0.1, -0.05) is 55.5 Å². The van der Waals surface area contributed by atoms with Crippen molar-refractivity contribution in [1.29, 1.82) is 0 Å². The number of hydrogen-bond acceptors (Lipinski definition) is 6. The van der Waals surface area contributed by atoms with Gasteiger partial charge < -0.3 is 4.90 Å². The van der Waals surface area contributed by atoms with Gasteiger partial charge in [-0.25, -0.2) is 4.98 Å². The Balaban J connectivity index is 1.45. The Hall–Kier alpha value is -4.07. The van der Waals surface area contributed by atoms with Gasteiger partial charge in [0.25, 0.3) is 0 Å². The number of aromatic amines is 1. The second kappa shape index (κ2) is 8.58. The van der Waals surface area contributed by atoms with Gasteiger partial charge in [-0.05, 0) is 35.2 Å². The molecular weight excluding hydrogens is 400 g/mol. The fourth-order valence-corrected chi connectivity index (χ4v) is 4.00. The molecule has 0 atom stereocenters. The Bertz CT molecular complexity index is 1320. The molecule has 0 bridgehead atoms. The SMILES string of the molecule is CCCN(Cc1ccc(-c2ccccc2-c2nn[nH]n2)cc1)c1cc(C)nc2ccnn12. The van der Waals surface area contributed by atoms with Crippen LogP contribution in [0.1, 0.15) is 24.6 Å². The van der Waals surface area contributed by atoms with Crippen LogP contribution in [0.15, 0.2) is 66.9 Å². The summed E-state index contributed by atoms with van der Waals surface area (Å²) in [4.78, 5) is 6.94. The van der Waals surface area contributed by atoms with Crippen molar-refractivity contribution in [3.63, 3.8) is 0 Å². The van der Waals surface area contributed by atoms with Gasteiger partial charge in [0, 0.05) is 36.5 Å². The Morgan fingerprint density at radius 3 is 2.56 bits per heavy atom. The molecule has 8 nitrogen and oxygen atoms in total. The number of fused-ring (bicyclic) bond motifs is 1. The van der Waals surface area contributed by atoms with Crippen LogP contribution in [0.4, 0.5) is 5.82 Å². The first-order valence-electron chi connectivity index (χ1n) is 10.7. The van der Waals surface area contributed by atoms with Crippen LogP contribution in [-0.4, -0.2) is 41.8 Å². The zero-order chi connectivity index (χ0) is 21.9. The van der Waals surface area contributed by atoms with E-state index in [0.717, 1.165) is 53.4 Å². The minimum atomic E-state index is 0.593. The highest BCUT2D eigenvalue weighted by atomic mass is 15.5. The van der Waals surface area contributed by atoms with E-state index in [4.69, 9.17) is 0 Å². The van der Waals surface area contributed by atoms with E-state index in [9.17, 15) is 0 Å². The number of H-pyrrole nitrogens is 1. The first-order valence-corrected chi connectivity index (χ1v) is 10.7. The maximum atomic E-state index is 4.58. The fraction of sp³-hybridized carbons (Fsp3) is 0.208. The summed E-state index contributed by atoms with van der Waals surface area (Å²) in [6.45, 7) is 5.94. The quantitative estimate of drug-likeness (QED) is 0.419. The predicted molar refractivity (Wildman–Crippen MR) is 124 cm³/mol. The van der Waals surface area contributed by atoms with Crippen molar-refractivity contribution in [3.05, 3.63) is 78.1 Å². The maximum absolute atomic E-state index is 4.58. The lowest BCUT2D eigenvalue weighted by atomic mass is 9.98. The lowest BCUT2D eigenvalue weighted by Gasteiger charge is -2.25.